The second kappa shape index (κ2) is 6.91. The Bertz CT molecular complexity index is 549. The van der Waals surface area contributed by atoms with Gasteiger partial charge in [0.15, 0.2) is 0 Å². The second-order valence-electron chi connectivity index (χ2n) is 6.31. The number of hydrogen-bond acceptors (Lipinski definition) is 2. The molecule has 1 heterocycles. The average molecular weight is 328 g/mol. The van der Waals surface area contributed by atoms with Crippen LogP contribution in [0.3, 0.4) is 0 Å². The molecule has 1 amide bonds. The quantitative estimate of drug-likeness (QED) is 0.916. The van der Waals surface area contributed by atoms with Crippen LogP contribution in [-0.4, -0.2) is 28.9 Å². The van der Waals surface area contributed by atoms with E-state index < -0.39 is 11.7 Å². The number of rotatable bonds is 4. The van der Waals surface area contributed by atoms with Gasteiger partial charge in [-0.1, -0.05) is 12.1 Å². The summed E-state index contributed by atoms with van der Waals surface area (Å²) in [5, 5.41) is 2.75. The first-order chi connectivity index (χ1) is 10.7. The molecule has 1 fully saturated rings. The van der Waals surface area contributed by atoms with E-state index in [0.29, 0.717) is 17.6 Å². The van der Waals surface area contributed by atoms with Crippen LogP contribution in [0.25, 0.3) is 0 Å². The topological polar surface area (TPSA) is 32.3 Å². The minimum absolute atomic E-state index is 0.101. The lowest BCUT2D eigenvalue weighted by Gasteiger charge is -2.31. The number of alkyl halides is 3. The van der Waals surface area contributed by atoms with Crippen LogP contribution >= 0.6 is 0 Å². The van der Waals surface area contributed by atoms with Gasteiger partial charge >= 0.3 is 6.18 Å². The van der Waals surface area contributed by atoms with Crippen molar-refractivity contribution in [1.29, 1.82) is 0 Å². The zero-order chi connectivity index (χ0) is 17.2. The van der Waals surface area contributed by atoms with Gasteiger partial charge in [0.2, 0.25) is 5.91 Å². The number of amides is 1. The molecular formula is C17H23F3N2O. The Morgan fingerprint density at radius 1 is 1.30 bits per heavy atom. The molecule has 1 aromatic carbocycles. The summed E-state index contributed by atoms with van der Waals surface area (Å²) in [5.74, 6) is -0.150. The molecule has 0 bridgehead atoms. The van der Waals surface area contributed by atoms with E-state index in [1.165, 1.54) is 6.07 Å². The molecule has 0 aromatic heterocycles. The summed E-state index contributed by atoms with van der Waals surface area (Å²) in [6, 6.07) is 5.46. The first kappa shape index (κ1) is 17.8. The van der Waals surface area contributed by atoms with Crippen LogP contribution in [0.4, 0.5) is 13.2 Å². The lowest BCUT2D eigenvalue weighted by molar-refractivity contribution is -0.137. The monoisotopic (exact) mass is 328 g/mol. The zero-order valence-corrected chi connectivity index (χ0v) is 13.7. The maximum Gasteiger partial charge on any atom is 0.416 e. The lowest BCUT2D eigenvalue weighted by Crippen LogP contribution is -2.48. The fraction of sp³-hybridized carbons (Fsp3) is 0.588. The Balaban J connectivity index is 1.96. The number of benzene rings is 1. The van der Waals surface area contributed by atoms with Gasteiger partial charge in [-0.2, -0.15) is 13.2 Å². The fourth-order valence-corrected chi connectivity index (χ4v) is 3.31. The molecule has 3 nitrogen and oxygen atoms in total. The Morgan fingerprint density at radius 3 is 2.48 bits per heavy atom. The number of nitrogens with one attached hydrogen (secondary N) is 1. The molecule has 128 valence electrons. The van der Waals surface area contributed by atoms with Crippen LogP contribution in [0.15, 0.2) is 24.3 Å². The molecule has 0 saturated carbocycles. The summed E-state index contributed by atoms with van der Waals surface area (Å²) in [4.78, 5) is 14.5. The molecule has 0 radical (unpaired) electrons. The third-order valence-corrected chi connectivity index (χ3v) is 4.57. The molecule has 1 N–H and O–H groups in total. The van der Waals surface area contributed by atoms with Crippen LogP contribution in [0.2, 0.25) is 0 Å². The van der Waals surface area contributed by atoms with Gasteiger partial charge < -0.3 is 5.32 Å². The highest BCUT2D eigenvalue weighted by atomic mass is 19.4. The van der Waals surface area contributed by atoms with Gasteiger partial charge in [0.05, 0.1) is 11.6 Å². The number of carbonyl (C=O) groups is 1. The summed E-state index contributed by atoms with van der Waals surface area (Å²) >= 11 is 0. The number of hydrogen-bond donors (Lipinski definition) is 1. The fourth-order valence-electron chi connectivity index (χ4n) is 3.31. The largest absolute Gasteiger partial charge is 0.416 e. The van der Waals surface area contributed by atoms with Crippen LogP contribution in [0.5, 0.6) is 0 Å². The van der Waals surface area contributed by atoms with Crippen LogP contribution in [0.1, 0.15) is 44.7 Å². The summed E-state index contributed by atoms with van der Waals surface area (Å²) in [6.45, 7) is 6.14. The van der Waals surface area contributed by atoms with E-state index in [9.17, 15) is 18.0 Å². The van der Waals surface area contributed by atoms with Crippen molar-refractivity contribution in [3.8, 4) is 0 Å². The minimum Gasteiger partial charge on any atom is -0.351 e. The molecule has 0 unspecified atom stereocenters. The molecule has 6 heteroatoms. The predicted molar refractivity (Wildman–Crippen MR) is 82.7 cm³/mol. The van der Waals surface area contributed by atoms with Crippen molar-refractivity contribution in [1.82, 2.24) is 10.2 Å². The van der Waals surface area contributed by atoms with E-state index >= 15 is 0 Å². The van der Waals surface area contributed by atoms with Gasteiger partial charge in [0.25, 0.3) is 0 Å². The molecule has 1 aliphatic heterocycles. The number of likely N-dealkylation sites (tertiary alicyclic amines) is 1. The van der Waals surface area contributed by atoms with Crippen LogP contribution < -0.4 is 5.32 Å². The van der Waals surface area contributed by atoms with E-state index in [1.807, 2.05) is 6.92 Å². The van der Waals surface area contributed by atoms with Crippen molar-refractivity contribution in [2.45, 2.75) is 64.5 Å². The van der Waals surface area contributed by atoms with Crippen molar-refractivity contribution in [3.05, 3.63) is 35.4 Å². The van der Waals surface area contributed by atoms with Crippen LogP contribution in [0, 0.1) is 0 Å². The minimum atomic E-state index is -4.37. The van der Waals surface area contributed by atoms with E-state index in [-0.39, 0.29) is 18.5 Å². The Kier molecular flexibility index (Phi) is 5.34. The SMILES string of the molecule is C[C@@H]1CC[C@H](C)N1[C@@H](C)C(=O)NCc1cccc(C(F)(F)F)c1. The molecule has 1 saturated heterocycles. The molecule has 1 aliphatic rings. The lowest BCUT2D eigenvalue weighted by atomic mass is 10.1. The standard InChI is InChI=1S/C17H23F3N2O/c1-11-7-8-12(2)22(11)13(3)16(23)21-10-14-5-4-6-15(9-14)17(18,19)20/h4-6,9,11-13H,7-8,10H2,1-3H3,(H,21,23)/t11-,12+,13-/m0/s1. The maximum atomic E-state index is 12.7. The Labute approximate surface area is 134 Å². The maximum absolute atomic E-state index is 12.7. The predicted octanol–water partition coefficient (Wildman–Crippen LogP) is 3.58. The van der Waals surface area contributed by atoms with Crippen molar-refractivity contribution in [3.63, 3.8) is 0 Å². The average Bonchev–Trinajstić information content (AvgIpc) is 2.82. The first-order valence-electron chi connectivity index (χ1n) is 7.91. The molecule has 0 spiro atoms. The number of halogens is 3. The first-order valence-corrected chi connectivity index (χ1v) is 7.91. The summed E-state index contributed by atoms with van der Waals surface area (Å²) in [5.41, 5.74) is -0.248. The van der Waals surface area contributed by atoms with Crippen molar-refractivity contribution in [2.24, 2.45) is 0 Å². The number of carbonyl (C=O) groups excluding carboxylic acids is 1. The van der Waals surface area contributed by atoms with Crippen molar-refractivity contribution >= 4 is 5.91 Å². The molecule has 0 aliphatic carbocycles. The highest BCUT2D eigenvalue weighted by Gasteiger charge is 2.34. The Hall–Kier alpha value is -1.56. The summed E-state index contributed by atoms with van der Waals surface area (Å²) < 4.78 is 38.1. The van der Waals surface area contributed by atoms with Crippen LogP contribution in [-0.2, 0) is 17.5 Å². The van der Waals surface area contributed by atoms with Gasteiger partial charge in [-0.3, -0.25) is 9.69 Å². The van der Waals surface area contributed by atoms with Gasteiger partial charge in [0, 0.05) is 18.6 Å². The third kappa shape index (κ3) is 4.25. The highest BCUT2D eigenvalue weighted by molar-refractivity contribution is 5.81. The highest BCUT2D eigenvalue weighted by Crippen LogP contribution is 2.29. The van der Waals surface area contributed by atoms with E-state index in [1.54, 1.807) is 6.07 Å². The molecule has 1 aromatic rings. The number of nitrogens with zero attached hydrogens (tertiary/aromatic N) is 1. The van der Waals surface area contributed by atoms with E-state index in [0.717, 1.165) is 25.0 Å². The van der Waals surface area contributed by atoms with Gasteiger partial charge in [0.1, 0.15) is 0 Å². The Morgan fingerprint density at radius 2 is 1.91 bits per heavy atom. The van der Waals surface area contributed by atoms with E-state index in [2.05, 4.69) is 24.1 Å². The smallest absolute Gasteiger partial charge is 0.351 e. The van der Waals surface area contributed by atoms with E-state index in [4.69, 9.17) is 0 Å². The molecule has 3 atom stereocenters. The zero-order valence-electron chi connectivity index (χ0n) is 13.7. The summed E-state index contributed by atoms with van der Waals surface area (Å²) in [6.07, 6.45) is -2.24. The molecular weight excluding hydrogens is 305 g/mol. The molecule has 2 rings (SSSR count). The van der Waals surface area contributed by atoms with Gasteiger partial charge in [-0.15, -0.1) is 0 Å². The van der Waals surface area contributed by atoms with Crippen molar-refractivity contribution in [2.75, 3.05) is 0 Å². The van der Waals surface area contributed by atoms with Gasteiger partial charge in [-0.25, -0.2) is 0 Å². The summed E-state index contributed by atoms with van der Waals surface area (Å²) in [7, 11) is 0. The van der Waals surface area contributed by atoms with Gasteiger partial charge in [-0.05, 0) is 51.3 Å². The molecule has 23 heavy (non-hydrogen) atoms. The third-order valence-electron chi connectivity index (χ3n) is 4.57. The second-order valence-corrected chi connectivity index (χ2v) is 6.31. The normalized spacial score (nSPS) is 23.7. The van der Waals surface area contributed by atoms with Crippen molar-refractivity contribution < 1.29 is 18.0 Å².